The molecule has 0 aliphatic heterocycles. The predicted octanol–water partition coefficient (Wildman–Crippen LogP) is 4.11. The number of rotatable bonds is 2. The Balaban J connectivity index is 2.02. The van der Waals surface area contributed by atoms with Crippen molar-refractivity contribution in [2.24, 2.45) is 0 Å². The highest BCUT2D eigenvalue weighted by atomic mass is 35.5. The summed E-state index contributed by atoms with van der Waals surface area (Å²) in [5, 5.41) is 3.64. The topological polar surface area (TPSA) is 46.2 Å². The van der Waals surface area contributed by atoms with E-state index in [1.807, 2.05) is 0 Å². The van der Waals surface area contributed by atoms with Gasteiger partial charge in [-0.15, -0.1) is 0 Å². The van der Waals surface area contributed by atoms with E-state index in [1.165, 1.54) is 0 Å². The molecule has 0 amide bonds. The predicted molar refractivity (Wildman–Crippen MR) is 82.9 cm³/mol. The molecular weight excluding hydrogens is 286 g/mol. The maximum atomic E-state index is 12.5. The minimum Gasteiger partial charge on any atom is -0.352 e. The average molecular weight is 298 g/mol. The maximum absolute atomic E-state index is 12.5. The summed E-state index contributed by atoms with van der Waals surface area (Å²) in [6, 6.07) is 13.8. The first kappa shape index (κ1) is 13.6. The highest BCUT2D eigenvalue weighted by Gasteiger charge is 2.29. The Morgan fingerprint density at radius 1 is 0.857 bits per heavy atom. The van der Waals surface area contributed by atoms with E-state index < -0.39 is 0 Å². The van der Waals surface area contributed by atoms with Gasteiger partial charge in [0.2, 0.25) is 5.78 Å². The SMILES string of the molecule is CC1=C(Nc2ccc(Cl)cc2)C(=O)c2ccccc2C1=O. The zero-order chi connectivity index (χ0) is 15.0. The Morgan fingerprint density at radius 3 is 2.05 bits per heavy atom. The lowest BCUT2D eigenvalue weighted by molar-refractivity contribution is 0.0976. The van der Waals surface area contributed by atoms with Crippen LogP contribution in [-0.4, -0.2) is 11.6 Å². The molecule has 0 bridgehead atoms. The summed E-state index contributed by atoms with van der Waals surface area (Å²) in [5.74, 6) is -0.292. The smallest absolute Gasteiger partial charge is 0.210 e. The summed E-state index contributed by atoms with van der Waals surface area (Å²) < 4.78 is 0. The van der Waals surface area contributed by atoms with Crippen molar-refractivity contribution >= 4 is 28.9 Å². The number of fused-ring (bicyclic) bond motifs is 1. The van der Waals surface area contributed by atoms with E-state index in [1.54, 1.807) is 55.5 Å². The molecule has 2 aromatic carbocycles. The highest BCUT2D eigenvalue weighted by Crippen LogP contribution is 2.27. The van der Waals surface area contributed by atoms with Gasteiger partial charge in [0.25, 0.3) is 0 Å². The van der Waals surface area contributed by atoms with E-state index in [4.69, 9.17) is 11.6 Å². The van der Waals surface area contributed by atoms with Gasteiger partial charge >= 0.3 is 0 Å². The second-order valence-electron chi connectivity index (χ2n) is 4.84. The van der Waals surface area contributed by atoms with Gasteiger partial charge in [-0.3, -0.25) is 9.59 Å². The Bertz CT molecular complexity index is 776. The normalized spacial score (nSPS) is 14.2. The Labute approximate surface area is 127 Å². The van der Waals surface area contributed by atoms with E-state index in [9.17, 15) is 9.59 Å². The fraction of sp³-hybridized carbons (Fsp3) is 0.0588. The number of benzene rings is 2. The number of carbonyl (C=O) groups is 2. The molecule has 3 rings (SSSR count). The van der Waals surface area contributed by atoms with Gasteiger partial charge in [0, 0.05) is 27.4 Å². The van der Waals surface area contributed by atoms with Gasteiger partial charge in [0.05, 0.1) is 5.70 Å². The summed E-state index contributed by atoms with van der Waals surface area (Å²) in [7, 11) is 0. The zero-order valence-corrected chi connectivity index (χ0v) is 12.1. The summed E-state index contributed by atoms with van der Waals surface area (Å²) in [5.41, 5.74) is 2.36. The van der Waals surface area contributed by atoms with Crippen molar-refractivity contribution in [3.63, 3.8) is 0 Å². The first-order valence-electron chi connectivity index (χ1n) is 6.50. The molecule has 0 spiro atoms. The van der Waals surface area contributed by atoms with E-state index in [2.05, 4.69) is 5.32 Å². The molecule has 0 aromatic heterocycles. The van der Waals surface area contributed by atoms with Crippen molar-refractivity contribution in [1.82, 2.24) is 0 Å². The summed E-state index contributed by atoms with van der Waals surface area (Å²) in [6.07, 6.45) is 0. The van der Waals surface area contributed by atoms with Crippen LogP contribution in [0.4, 0.5) is 5.69 Å². The van der Waals surface area contributed by atoms with Crippen molar-refractivity contribution < 1.29 is 9.59 Å². The highest BCUT2D eigenvalue weighted by molar-refractivity contribution is 6.30. The second-order valence-corrected chi connectivity index (χ2v) is 5.27. The van der Waals surface area contributed by atoms with Crippen LogP contribution in [0.15, 0.2) is 59.8 Å². The van der Waals surface area contributed by atoms with Gasteiger partial charge in [-0.2, -0.15) is 0 Å². The molecule has 2 aromatic rings. The fourth-order valence-electron chi connectivity index (χ4n) is 2.33. The number of Topliss-reactive ketones (excluding diaryl/α,β-unsaturated/α-hetero) is 2. The second kappa shape index (κ2) is 5.19. The van der Waals surface area contributed by atoms with E-state index in [-0.39, 0.29) is 11.6 Å². The fourth-order valence-corrected chi connectivity index (χ4v) is 2.45. The van der Waals surface area contributed by atoms with Gasteiger partial charge in [0.1, 0.15) is 0 Å². The van der Waals surface area contributed by atoms with Gasteiger partial charge < -0.3 is 5.32 Å². The number of hydrogen-bond donors (Lipinski definition) is 1. The molecule has 0 radical (unpaired) electrons. The van der Waals surface area contributed by atoms with E-state index in [0.29, 0.717) is 33.1 Å². The van der Waals surface area contributed by atoms with Gasteiger partial charge in [-0.1, -0.05) is 35.9 Å². The Morgan fingerprint density at radius 2 is 1.43 bits per heavy atom. The molecule has 0 saturated heterocycles. The molecule has 1 N–H and O–H groups in total. The number of allylic oxidation sites excluding steroid dienone is 2. The number of halogens is 1. The van der Waals surface area contributed by atoms with Crippen LogP contribution < -0.4 is 5.32 Å². The molecule has 0 heterocycles. The number of anilines is 1. The summed E-state index contributed by atoms with van der Waals surface area (Å²) in [6.45, 7) is 1.66. The number of ketones is 2. The Kier molecular flexibility index (Phi) is 3.35. The third-order valence-corrected chi connectivity index (χ3v) is 3.72. The molecule has 4 heteroatoms. The average Bonchev–Trinajstić information content (AvgIpc) is 2.51. The lowest BCUT2D eigenvalue weighted by Gasteiger charge is -2.20. The van der Waals surface area contributed by atoms with E-state index >= 15 is 0 Å². The minimum absolute atomic E-state index is 0.123. The van der Waals surface area contributed by atoms with Crippen LogP contribution >= 0.6 is 11.6 Å². The first-order valence-corrected chi connectivity index (χ1v) is 6.87. The van der Waals surface area contributed by atoms with Crippen LogP contribution in [0.1, 0.15) is 27.6 Å². The lowest BCUT2D eigenvalue weighted by atomic mass is 9.88. The van der Waals surface area contributed by atoms with Crippen LogP contribution in [0.25, 0.3) is 0 Å². The van der Waals surface area contributed by atoms with Crippen molar-refractivity contribution in [2.75, 3.05) is 5.32 Å². The first-order chi connectivity index (χ1) is 10.1. The van der Waals surface area contributed by atoms with Crippen LogP contribution in [0, 0.1) is 0 Å². The summed E-state index contributed by atoms with van der Waals surface area (Å²) in [4.78, 5) is 24.9. The van der Waals surface area contributed by atoms with Crippen molar-refractivity contribution in [3.05, 3.63) is 76.0 Å². The number of carbonyl (C=O) groups excluding carboxylic acids is 2. The van der Waals surface area contributed by atoms with Crippen LogP contribution in [0.5, 0.6) is 0 Å². The standard InChI is InChI=1S/C17H12ClNO2/c1-10-15(19-12-8-6-11(18)7-9-12)17(21)14-5-3-2-4-13(14)16(10)20/h2-9,19H,1H3. The molecular formula is C17H12ClNO2. The summed E-state index contributed by atoms with van der Waals surface area (Å²) >= 11 is 5.84. The molecule has 21 heavy (non-hydrogen) atoms. The van der Waals surface area contributed by atoms with E-state index in [0.717, 1.165) is 0 Å². The Hall–Kier alpha value is -2.39. The number of nitrogens with one attached hydrogen (secondary N) is 1. The third-order valence-electron chi connectivity index (χ3n) is 3.47. The maximum Gasteiger partial charge on any atom is 0.210 e. The van der Waals surface area contributed by atoms with Gasteiger partial charge in [-0.05, 0) is 31.2 Å². The number of hydrogen-bond acceptors (Lipinski definition) is 3. The molecule has 3 nitrogen and oxygen atoms in total. The van der Waals surface area contributed by atoms with Crippen LogP contribution in [-0.2, 0) is 0 Å². The van der Waals surface area contributed by atoms with Crippen LogP contribution in [0.3, 0.4) is 0 Å². The molecule has 1 aliphatic rings. The molecule has 0 atom stereocenters. The minimum atomic E-state index is -0.169. The largest absolute Gasteiger partial charge is 0.352 e. The molecule has 1 aliphatic carbocycles. The van der Waals surface area contributed by atoms with Crippen molar-refractivity contribution in [2.45, 2.75) is 6.92 Å². The van der Waals surface area contributed by atoms with Gasteiger partial charge in [-0.25, -0.2) is 0 Å². The zero-order valence-electron chi connectivity index (χ0n) is 11.3. The lowest BCUT2D eigenvalue weighted by Crippen LogP contribution is -2.24. The van der Waals surface area contributed by atoms with Gasteiger partial charge in [0.15, 0.2) is 5.78 Å². The quantitative estimate of drug-likeness (QED) is 0.907. The molecule has 0 saturated carbocycles. The molecule has 0 unspecified atom stereocenters. The van der Waals surface area contributed by atoms with Crippen molar-refractivity contribution in [3.8, 4) is 0 Å². The monoisotopic (exact) mass is 297 g/mol. The van der Waals surface area contributed by atoms with Crippen LogP contribution in [0.2, 0.25) is 5.02 Å². The van der Waals surface area contributed by atoms with Crippen molar-refractivity contribution in [1.29, 1.82) is 0 Å². The molecule has 104 valence electrons. The third kappa shape index (κ3) is 2.36. The molecule has 0 fully saturated rings.